The van der Waals surface area contributed by atoms with E-state index in [0.717, 1.165) is 25.4 Å². The van der Waals surface area contributed by atoms with Crippen molar-refractivity contribution in [1.29, 1.82) is 0 Å². The maximum atomic E-state index is 12.5. The summed E-state index contributed by atoms with van der Waals surface area (Å²) < 4.78 is 5.10. The van der Waals surface area contributed by atoms with E-state index in [1.54, 1.807) is 31.4 Å². The number of methoxy groups -OCH3 is 1. The molecule has 3 saturated heterocycles. The van der Waals surface area contributed by atoms with Crippen molar-refractivity contribution in [3.8, 4) is 5.75 Å². The monoisotopic (exact) mass is 330 g/mol. The molecule has 3 aliphatic heterocycles. The molecule has 0 radical (unpaired) electrons. The minimum atomic E-state index is 0.0147. The third-order valence-corrected chi connectivity index (χ3v) is 5.32. The smallest absolute Gasteiger partial charge is 0.223 e. The third-order valence-electron chi connectivity index (χ3n) is 5.32. The molecule has 3 aliphatic rings. The van der Waals surface area contributed by atoms with Crippen LogP contribution in [0.3, 0.4) is 0 Å². The fraction of sp³-hybridized carbons (Fsp3) is 0.579. The van der Waals surface area contributed by atoms with Gasteiger partial charge < -0.3 is 14.5 Å². The zero-order valence-electron chi connectivity index (χ0n) is 14.5. The molecule has 3 heterocycles. The van der Waals surface area contributed by atoms with Crippen LogP contribution in [0.1, 0.15) is 36.0 Å². The van der Waals surface area contributed by atoms with E-state index in [0.29, 0.717) is 23.9 Å². The first-order valence-corrected chi connectivity index (χ1v) is 8.72. The largest absolute Gasteiger partial charge is 0.497 e. The molecule has 24 heavy (non-hydrogen) atoms. The van der Waals surface area contributed by atoms with Crippen LogP contribution in [0.25, 0.3) is 0 Å². The number of amides is 1. The van der Waals surface area contributed by atoms with Gasteiger partial charge in [-0.15, -0.1) is 0 Å². The summed E-state index contributed by atoms with van der Waals surface area (Å²) in [4.78, 5) is 29.2. The Kier molecular flexibility index (Phi) is 5.19. The number of hydrogen-bond acceptors (Lipinski definition) is 4. The van der Waals surface area contributed by atoms with Gasteiger partial charge in [0, 0.05) is 44.1 Å². The lowest BCUT2D eigenvalue weighted by atomic mass is 9.96. The van der Waals surface area contributed by atoms with Crippen LogP contribution in [-0.2, 0) is 4.79 Å². The molecule has 0 unspecified atom stereocenters. The average Bonchev–Trinajstić information content (AvgIpc) is 2.90. The van der Waals surface area contributed by atoms with E-state index in [4.69, 9.17) is 4.74 Å². The van der Waals surface area contributed by atoms with Gasteiger partial charge in [-0.3, -0.25) is 9.59 Å². The Morgan fingerprint density at radius 3 is 2.50 bits per heavy atom. The number of Topliss-reactive ketones (excluding diaryl/α,β-unsaturated/α-hetero) is 1. The molecule has 1 aromatic carbocycles. The Morgan fingerprint density at radius 1 is 1.08 bits per heavy atom. The molecule has 5 nitrogen and oxygen atoms in total. The van der Waals surface area contributed by atoms with Crippen molar-refractivity contribution in [2.24, 2.45) is 5.92 Å². The molecule has 5 heteroatoms. The van der Waals surface area contributed by atoms with Gasteiger partial charge in [-0.1, -0.05) is 0 Å². The van der Waals surface area contributed by atoms with E-state index >= 15 is 0 Å². The molecule has 1 amide bonds. The molecule has 0 aromatic heterocycles. The zero-order chi connectivity index (χ0) is 17.1. The maximum Gasteiger partial charge on any atom is 0.223 e. The van der Waals surface area contributed by atoms with Crippen molar-refractivity contribution < 1.29 is 14.3 Å². The van der Waals surface area contributed by atoms with Gasteiger partial charge >= 0.3 is 0 Å². The number of benzene rings is 1. The van der Waals surface area contributed by atoms with Gasteiger partial charge in [-0.25, -0.2) is 0 Å². The van der Waals surface area contributed by atoms with Gasteiger partial charge in [-0.05, 0) is 50.1 Å². The Labute approximate surface area is 143 Å². The predicted molar refractivity (Wildman–Crippen MR) is 92.3 cm³/mol. The van der Waals surface area contributed by atoms with Crippen molar-refractivity contribution in [2.45, 2.75) is 31.7 Å². The summed E-state index contributed by atoms with van der Waals surface area (Å²) in [6, 6.07) is 7.54. The molecule has 4 rings (SSSR count). The fourth-order valence-corrected chi connectivity index (χ4v) is 3.82. The van der Waals surface area contributed by atoms with E-state index in [1.165, 1.54) is 12.8 Å². The van der Waals surface area contributed by atoms with Crippen molar-refractivity contribution in [3.05, 3.63) is 29.8 Å². The second-order valence-electron chi connectivity index (χ2n) is 6.99. The Bertz CT molecular complexity index is 599. The molecule has 0 N–H and O–H groups in total. The number of piperidine rings is 1. The maximum absolute atomic E-state index is 12.5. The molecular weight excluding hydrogens is 304 g/mol. The molecule has 0 spiro atoms. The molecule has 1 aromatic rings. The van der Waals surface area contributed by atoms with Crippen LogP contribution in [-0.4, -0.2) is 61.3 Å². The molecule has 3 fully saturated rings. The second kappa shape index (κ2) is 7.34. The standard InChI is InChI=1S/C19H26N2O3/c1-20-11-14-3-6-16(20)13-21(12-14)19(23)10-9-18(22)15-4-7-17(24-2)8-5-15/h4-5,7-8,14,16H,3,6,9-13H2,1-2H3/t14-,16-/m0/s1. The molecule has 0 saturated carbocycles. The summed E-state index contributed by atoms with van der Waals surface area (Å²) in [5.41, 5.74) is 0.638. The normalized spacial score (nSPS) is 23.8. The van der Waals surface area contributed by atoms with Crippen molar-refractivity contribution in [1.82, 2.24) is 9.80 Å². The molecular formula is C19H26N2O3. The lowest BCUT2D eigenvalue weighted by Gasteiger charge is -2.32. The van der Waals surface area contributed by atoms with E-state index in [9.17, 15) is 9.59 Å². The SMILES string of the molecule is COc1ccc(C(=O)CCC(=O)N2C[C@H]3CC[C@@H](C2)N(C)C3)cc1. The number of carbonyl (C=O) groups excluding carboxylic acids is 2. The van der Waals surface area contributed by atoms with Crippen LogP contribution in [0, 0.1) is 5.92 Å². The van der Waals surface area contributed by atoms with Gasteiger partial charge in [0.15, 0.2) is 5.78 Å². The average molecular weight is 330 g/mol. The molecule has 0 aliphatic carbocycles. The van der Waals surface area contributed by atoms with Gasteiger partial charge in [0.05, 0.1) is 7.11 Å². The summed E-state index contributed by atoms with van der Waals surface area (Å²) in [6.07, 6.45) is 2.96. The van der Waals surface area contributed by atoms with Gasteiger partial charge in [0.1, 0.15) is 5.75 Å². The fourth-order valence-electron chi connectivity index (χ4n) is 3.82. The van der Waals surface area contributed by atoms with E-state index in [2.05, 4.69) is 11.9 Å². The summed E-state index contributed by atoms with van der Waals surface area (Å²) in [6.45, 7) is 2.73. The summed E-state index contributed by atoms with van der Waals surface area (Å²) in [5, 5.41) is 0. The number of ketones is 1. The number of nitrogens with zero attached hydrogens (tertiary/aromatic N) is 2. The predicted octanol–water partition coefficient (Wildman–Crippen LogP) is 2.21. The van der Waals surface area contributed by atoms with Crippen molar-refractivity contribution >= 4 is 11.7 Å². The van der Waals surface area contributed by atoms with E-state index in [-0.39, 0.29) is 18.1 Å². The molecule has 2 atom stereocenters. The summed E-state index contributed by atoms with van der Waals surface area (Å²) in [5.74, 6) is 1.44. The van der Waals surface area contributed by atoms with Gasteiger partial charge in [0.25, 0.3) is 0 Å². The first-order chi connectivity index (χ1) is 11.6. The number of ether oxygens (including phenoxy) is 1. The van der Waals surface area contributed by atoms with Gasteiger partial charge in [0.2, 0.25) is 5.91 Å². The van der Waals surface area contributed by atoms with Crippen LogP contribution in [0.15, 0.2) is 24.3 Å². The number of rotatable bonds is 5. The van der Waals surface area contributed by atoms with Crippen LogP contribution in [0.2, 0.25) is 0 Å². The van der Waals surface area contributed by atoms with Crippen molar-refractivity contribution in [2.75, 3.05) is 33.8 Å². The highest BCUT2D eigenvalue weighted by molar-refractivity contribution is 5.98. The highest BCUT2D eigenvalue weighted by Gasteiger charge is 2.34. The van der Waals surface area contributed by atoms with Crippen LogP contribution in [0.4, 0.5) is 0 Å². The second-order valence-corrected chi connectivity index (χ2v) is 6.99. The van der Waals surface area contributed by atoms with Crippen LogP contribution in [0.5, 0.6) is 5.75 Å². The lowest BCUT2D eigenvalue weighted by Crippen LogP contribution is -2.41. The minimum absolute atomic E-state index is 0.0147. The van der Waals surface area contributed by atoms with E-state index in [1.807, 2.05) is 4.90 Å². The highest BCUT2D eigenvalue weighted by Crippen LogP contribution is 2.27. The Balaban J connectivity index is 1.54. The van der Waals surface area contributed by atoms with Gasteiger partial charge in [-0.2, -0.15) is 0 Å². The molecule has 130 valence electrons. The van der Waals surface area contributed by atoms with Crippen LogP contribution < -0.4 is 4.74 Å². The highest BCUT2D eigenvalue weighted by atomic mass is 16.5. The van der Waals surface area contributed by atoms with Crippen LogP contribution >= 0.6 is 0 Å². The number of likely N-dealkylation sites (N-methyl/N-ethyl adjacent to an activating group) is 1. The minimum Gasteiger partial charge on any atom is -0.497 e. The summed E-state index contributed by atoms with van der Waals surface area (Å²) >= 11 is 0. The lowest BCUT2D eigenvalue weighted by molar-refractivity contribution is -0.131. The Morgan fingerprint density at radius 2 is 1.83 bits per heavy atom. The number of fused-ring (bicyclic) bond motifs is 4. The summed E-state index contributed by atoms with van der Waals surface area (Å²) in [7, 11) is 3.75. The number of carbonyl (C=O) groups is 2. The first-order valence-electron chi connectivity index (χ1n) is 8.72. The first kappa shape index (κ1) is 17.0. The molecule has 2 bridgehead atoms. The van der Waals surface area contributed by atoms with Crippen molar-refractivity contribution in [3.63, 3.8) is 0 Å². The number of hydrogen-bond donors (Lipinski definition) is 0. The quantitative estimate of drug-likeness (QED) is 0.777. The zero-order valence-corrected chi connectivity index (χ0v) is 14.5. The Hall–Kier alpha value is -1.88. The van der Waals surface area contributed by atoms with E-state index < -0.39 is 0 Å². The topological polar surface area (TPSA) is 49.9 Å². The third kappa shape index (κ3) is 3.78.